The van der Waals surface area contributed by atoms with E-state index in [1.165, 1.54) is 11.2 Å². The van der Waals surface area contributed by atoms with Crippen LogP contribution in [0.25, 0.3) is 0 Å². The molecule has 0 fully saturated rings. The summed E-state index contributed by atoms with van der Waals surface area (Å²) in [5.74, 6) is -1.07. The summed E-state index contributed by atoms with van der Waals surface area (Å²) in [5.41, 5.74) is 0.572. The molecule has 0 spiro atoms. The lowest BCUT2D eigenvalue weighted by atomic mass is 9.87. The van der Waals surface area contributed by atoms with E-state index in [0.29, 0.717) is 5.69 Å². The lowest BCUT2D eigenvalue weighted by Gasteiger charge is -2.35. The Balaban J connectivity index is 2.71. The van der Waals surface area contributed by atoms with Crippen molar-refractivity contribution in [2.45, 2.75) is 46.2 Å². The lowest BCUT2D eigenvalue weighted by molar-refractivity contribution is -0.139. The van der Waals surface area contributed by atoms with Gasteiger partial charge in [-0.25, -0.2) is 14.6 Å². The van der Waals surface area contributed by atoms with E-state index in [-0.39, 0.29) is 17.9 Å². The third-order valence-electron chi connectivity index (χ3n) is 3.73. The SMILES string of the molecule is CC(N(C)C(=O)N[C@@H](Cc1cnc[nH]1)C(=O)O)C(C)(C)C. The fraction of sp³-hybridized carbons (Fsp3) is 0.643. The average Bonchev–Trinajstić information content (AvgIpc) is 2.87. The van der Waals surface area contributed by atoms with Gasteiger partial charge >= 0.3 is 12.0 Å². The first-order chi connectivity index (χ1) is 9.62. The number of carboxylic acids is 1. The molecule has 7 nitrogen and oxygen atoms in total. The van der Waals surface area contributed by atoms with Gasteiger partial charge in [-0.15, -0.1) is 0 Å². The zero-order chi connectivity index (χ0) is 16.2. The smallest absolute Gasteiger partial charge is 0.326 e. The number of rotatable bonds is 5. The molecule has 0 aromatic carbocycles. The molecular weight excluding hydrogens is 272 g/mol. The van der Waals surface area contributed by atoms with Crippen molar-refractivity contribution >= 4 is 12.0 Å². The summed E-state index contributed by atoms with van der Waals surface area (Å²) in [5, 5.41) is 11.8. The number of amides is 2. The molecule has 0 saturated carbocycles. The van der Waals surface area contributed by atoms with Crippen molar-refractivity contribution in [1.82, 2.24) is 20.2 Å². The first-order valence-electron chi connectivity index (χ1n) is 6.86. The Labute approximate surface area is 124 Å². The number of urea groups is 1. The van der Waals surface area contributed by atoms with Gasteiger partial charge < -0.3 is 20.3 Å². The van der Waals surface area contributed by atoms with Crippen molar-refractivity contribution in [3.63, 3.8) is 0 Å². The number of aromatic nitrogens is 2. The second kappa shape index (κ2) is 6.60. The Morgan fingerprint density at radius 2 is 2.10 bits per heavy atom. The average molecular weight is 296 g/mol. The molecule has 2 amide bonds. The highest BCUT2D eigenvalue weighted by molar-refractivity contribution is 5.82. The second-order valence-corrected chi connectivity index (χ2v) is 6.27. The predicted molar refractivity (Wildman–Crippen MR) is 78.9 cm³/mol. The molecular formula is C14H24N4O3. The van der Waals surface area contributed by atoms with Gasteiger partial charge in [0.15, 0.2) is 0 Å². The number of imidazole rings is 1. The minimum absolute atomic E-state index is 0.0286. The maximum absolute atomic E-state index is 12.2. The minimum Gasteiger partial charge on any atom is -0.480 e. The Bertz CT molecular complexity index is 479. The van der Waals surface area contributed by atoms with Crippen LogP contribution in [0.5, 0.6) is 0 Å². The third-order valence-corrected chi connectivity index (χ3v) is 3.73. The largest absolute Gasteiger partial charge is 0.480 e. The van der Waals surface area contributed by atoms with Gasteiger partial charge in [0, 0.05) is 31.4 Å². The van der Waals surface area contributed by atoms with Gasteiger partial charge in [-0.2, -0.15) is 0 Å². The van der Waals surface area contributed by atoms with Gasteiger partial charge in [-0.3, -0.25) is 0 Å². The van der Waals surface area contributed by atoms with Crippen LogP contribution in [0.4, 0.5) is 4.79 Å². The normalized spacial score (nSPS) is 14.3. The number of aromatic amines is 1. The number of carbonyl (C=O) groups is 2. The number of hydrogen-bond donors (Lipinski definition) is 3. The number of carboxylic acid groups (broad SMARTS) is 1. The lowest BCUT2D eigenvalue weighted by Crippen LogP contribution is -2.52. The first kappa shape index (κ1) is 17.0. The van der Waals surface area contributed by atoms with Crippen molar-refractivity contribution in [2.24, 2.45) is 5.41 Å². The number of nitrogens with one attached hydrogen (secondary N) is 2. The van der Waals surface area contributed by atoms with Crippen molar-refractivity contribution < 1.29 is 14.7 Å². The Kier molecular flexibility index (Phi) is 5.34. The number of nitrogens with zero attached hydrogens (tertiary/aromatic N) is 2. The van der Waals surface area contributed by atoms with E-state index in [9.17, 15) is 14.7 Å². The van der Waals surface area contributed by atoms with Gasteiger partial charge in [0.1, 0.15) is 6.04 Å². The number of H-pyrrole nitrogens is 1. The predicted octanol–water partition coefficient (Wildman–Crippen LogP) is 1.48. The van der Waals surface area contributed by atoms with Gasteiger partial charge in [0.25, 0.3) is 0 Å². The van der Waals surface area contributed by atoms with Crippen molar-refractivity contribution in [1.29, 1.82) is 0 Å². The minimum atomic E-state index is -1.07. The fourth-order valence-corrected chi connectivity index (χ4v) is 1.82. The molecule has 3 N–H and O–H groups in total. The molecule has 1 aromatic heterocycles. The highest BCUT2D eigenvalue weighted by Crippen LogP contribution is 2.22. The van der Waals surface area contributed by atoms with E-state index >= 15 is 0 Å². The summed E-state index contributed by atoms with van der Waals surface area (Å²) in [6.45, 7) is 8.02. The number of hydrogen-bond acceptors (Lipinski definition) is 3. The molecule has 1 rings (SSSR count). The van der Waals surface area contributed by atoms with E-state index in [4.69, 9.17) is 0 Å². The summed E-state index contributed by atoms with van der Waals surface area (Å²) < 4.78 is 0. The molecule has 21 heavy (non-hydrogen) atoms. The summed E-state index contributed by atoms with van der Waals surface area (Å²) >= 11 is 0. The Morgan fingerprint density at radius 3 is 2.52 bits per heavy atom. The van der Waals surface area contributed by atoms with Crippen LogP contribution < -0.4 is 5.32 Å². The molecule has 1 unspecified atom stereocenters. The van der Waals surface area contributed by atoms with Gasteiger partial charge in [0.05, 0.1) is 6.33 Å². The number of aliphatic carboxylic acids is 1. The molecule has 118 valence electrons. The zero-order valence-electron chi connectivity index (χ0n) is 13.2. The van der Waals surface area contributed by atoms with Gasteiger partial charge in [-0.05, 0) is 12.3 Å². The van der Waals surface area contributed by atoms with E-state index in [1.807, 2.05) is 27.7 Å². The van der Waals surface area contributed by atoms with E-state index < -0.39 is 18.0 Å². The topological polar surface area (TPSA) is 98.3 Å². The number of carbonyl (C=O) groups excluding carboxylic acids is 1. The maximum Gasteiger partial charge on any atom is 0.326 e. The van der Waals surface area contributed by atoms with Crippen LogP contribution in [0.3, 0.4) is 0 Å². The monoisotopic (exact) mass is 296 g/mol. The van der Waals surface area contributed by atoms with Crippen LogP contribution in [-0.4, -0.2) is 51.1 Å². The van der Waals surface area contributed by atoms with Gasteiger partial charge in [-0.1, -0.05) is 20.8 Å². The summed E-state index contributed by atoms with van der Waals surface area (Å²) in [6.07, 6.45) is 3.19. The van der Waals surface area contributed by atoms with Crippen molar-refractivity contribution in [3.8, 4) is 0 Å². The molecule has 0 aliphatic carbocycles. The highest BCUT2D eigenvalue weighted by Gasteiger charge is 2.29. The zero-order valence-corrected chi connectivity index (χ0v) is 13.2. The Morgan fingerprint density at radius 1 is 1.48 bits per heavy atom. The standard InChI is InChI=1S/C14H24N4O3/c1-9(14(2,3)4)18(5)13(21)17-11(12(19)20)6-10-7-15-8-16-10/h7-9,11H,6H2,1-5H3,(H,15,16)(H,17,21)(H,19,20)/t9?,11-/m0/s1. The second-order valence-electron chi connectivity index (χ2n) is 6.27. The highest BCUT2D eigenvalue weighted by atomic mass is 16.4. The van der Waals surface area contributed by atoms with Crippen LogP contribution in [0, 0.1) is 5.41 Å². The van der Waals surface area contributed by atoms with E-state index in [1.54, 1.807) is 13.2 Å². The van der Waals surface area contributed by atoms with Crippen LogP contribution in [0.2, 0.25) is 0 Å². The molecule has 0 bridgehead atoms. The van der Waals surface area contributed by atoms with E-state index in [2.05, 4.69) is 15.3 Å². The van der Waals surface area contributed by atoms with E-state index in [0.717, 1.165) is 0 Å². The Hall–Kier alpha value is -2.05. The summed E-state index contributed by atoms with van der Waals surface area (Å²) in [4.78, 5) is 31.7. The van der Waals surface area contributed by atoms with Crippen LogP contribution in [-0.2, 0) is 11.2 Å². The molecule has 1 aromatic rings. The summed E-state index contributed by atoms with van der Waals surface area (Å²) in [6, 6.07) is -1.42. The fourth-order valence-electron chi connectivity index (χ4n) is 1.82. The first-order valence-corrected chi connectivity index (χ1v) is 6.86. The third kappa shape index (κ3) is 4.77. The molecule has 7 heteroatoms. The molecule has 0 aliphatic rings. The molecule has 1 heterocycles. The van der Waals surface area contributed by atoms with Crippen LogP contribution >= 0.6 is 0 Å². The molecule has 2 atom stereocenters. The quantitative estimate of drug-likeness (QED) is 0.766. The van der Waals surface area contributed by atoms with Crippen LogP contribution in [0.15, 0.2) is 12.5 Å². The molecule has 0 radical (unpaired) electrons. The van der Waals surface area contributed by atoms with Crippen molar-refractivity contribution in [2.75, 3.05) is 7.05 Å². The summed E-state index contributed by atoms with van der Waals surface area (Å²) in [7, 11) is 1.67. The molecule has 0 aliphatic heterocycles. The maximum atomic E-state index is 12.2. The van der Waals surface area contributed by atoms with Crippen LogP contribution in [0.1, 0.15) is 33.4 Å². The van der Waals surface area contributed by atoms with Gasteiger partial charge in [0.2, 0.25) is 0 Å². The molecule has 0 saturated heterocycles. The van der Waals surface area contributed by atoms with Crippen molar-refractivity contribution in [3.05, 3.63) is 18.2 Å².